The number of fused-ring (bicyclic) bond motifs is 1. The van der Waals surface area contributed by atoms with Crippen molar-refractivity contribution in [2.45, 2.75) is 6.54 Å². The van der Waals surface area contributed by atoms with Crippen LogP contribution in [0.15, 0.2) is 39.1 Å². The summed E-state index contributed by atoms with van der Waals surface area (Å²) in [6, 6.07) is 5.10. The molecular formula is C12H10N4O3S. The van der Waals surface area contributed by atoms with Crippen LogP contribution >= 0.6 is 11.3 Å². The van der Waals surface area contributed by atoms with Gasteiger partial charge < -0.3 is 9.09 Å². The molecule has 0 aliphatic heterocycles. The zero-order valence-electron chi connectivity index (χ0n) is 10.2. The van der Waals surface area contributed by atoms with Crippen molar-refractivity contribution in [3.05, 3.63) is 51.6 Å². The molecule has 102 valence electrons. The van der Waals surface area contributed by atoms with Crippen molar-refractivity contribution < 1.29 is 9.32 Å². The lowest BCUT2D eigenvalue weighted by Crippen LogP contribution is -2.30. The van der Waals surface area contributed by atoms with Gasteiger partial charge in [0.05, 0.1) is 11.9 Å². The Morgan fingerprint density at radius 2 is 2.35 bits per heavy atom. The number of rotatable bonds is 3. The number of hydrazine groups is 1. The second-order valence-electron chi connectivity index (χ2n) is 4.10. The van der Waals surface area contributed by atoms with Gasteiger partial charge in [0.25, 0.3) is 11.5 Å². The van der Waals surface area contributed by atoms with Gasteiger partial charge in [0, 0.05) is 17.0 Å². The van der Waals surface area contributed by atoms with Crippen molar-refractivity contribution in [1.82, 2.24) is 15.1 Å². The zero-order chi connectivity index (χ0) is 14.1. The monoisotopic (exact) mass is 290 g/mol. The lowest BCUT2D eigenvalue weighted by Gasteiger charge is -2.02. The van der Waals surface area contributed by atoms with Gasteiger partial charge in [-0.2, -0.15) is 0 Å². The SMILES string of the molecule is NNC(=O)c1cc(Cn2ccc3sccc3c2=O)on1. The van der Waals surface area contributed by atoms with Gasteiger partial charge in [0.15, 0.2) is 11.5 Å². The van der Waals surface area contributed by atoms with Gasteiger partial charge in [0.1, 0.15) is 0 Å². The normalized spacial score (nSPS) is 10.8. The number of thiophene rings is 1. The van der Waals surface area contributed by atoms with Crippen LogP contribution in [-0.2, 0) is 6.54 Å². The van der Waals surface area contributed by atoms with E-state index in [2.05, 4.69) is 5.16 Å². The largest absolute Gasteiger partial charge is 0.359 e. The van der Waals surface area contributed by atoms with E-state index in [1.165, 1.54) is 22.0 Å². The summed E-state index contributed by atoms with van der Waals surface area (Å²) in [4.78, 5) is 23.5. The van der Waals surface area contributed by atoms with E-state index in [-0.39, 0.29) is 17.8 Å². The Morgan fingerprint density at radius 3 is 3.15 bits per heavy atom. The summed E-state index contributed by atoms with van der Waals surface area (Å²) in [6.45, 7) is 0.204. The first-order valence-corrected chi connectivity index (χ1v) is 6.60. The van der Waals surface area contributed by atoms with E-state index >= 15 is 0 Å². The number of nitrogen functional groups attached to an aromatic ring is 1. The Kier molecular flexibility index (Phi) is 3.09. The summed E-state index contributed by atoms with van der Waals surface area (Å²) in [5, 5.41) is 6.12. The average Bonchev–Trinajstić information content (AvgIpc) is 3.10. The van der Waals surface area contributed by atoms with Crippen LogP contribution in [0.4, 0.5) is 0 Å². The maximum Gasteiger partial charge on any atom is 0.287 e. The third kappa shape index (κ3) is 2.10. The third-order valence-electron chi connectivity index (χ3n) is 2.84. The fourth-order valence-electron chi connectivity index (χ4n) is 1.87. The molecule has 1 amide bonds. The van der Waals surface area contributed by atoms with Gasteiger partial charge in [-0.15, -0.1) is 11.3 Å². The van der Waals surface area contributed by atoms with Gasteiger partial charge in [-0.3, -0.25) is 15.0 Å². The van der Waals surface area contributed by atoms with Crippen molar-refractivity contribution in [2.24, 2.45) is 5.84 Å². The topological polar surface area (TPSA) is 103 Å². The van der Waals surface area contributed by atoms with Crippen LogP contribution in [0.25, 0.3) is 10.1 Å². The molecule has 7 nitrogen and oxygen atoms in total. The number of nitrogens with two attached hydrogens (primary N) is 1. The Hall–Kier alpha value is -2.45. The van der Waals surface area contributed by atoms with Crippen molar-refractivity contribution in [3.8, 4) is 0 Å². The molecule has 0 unspecified atom stereocenters. The number of nitrogens with one attached hydrogen (secondary N) is 1. The molecule has 0 radical (unpaired) electrons. The second kappa shape index (κ2) is 4.91. The maximum atomic E-state index is 12.2. The highest BCUT2D eigenvalue weighted by Gasteiger charge is 2.12. The maximum absolute atomic E-state index is 12.2. The quantitative estimate of drug-likeness (QED) is 0.420. The Labute approximate surface area is 116 Å². The van der Waals surface area contributed by atoms with E-state index in [0.717, 1.165) is 4.70 Å². The van der Waals surface area contributed by atoms with Crippen LogP contribution in [0.3, 0.4) is 0 Å². The molecule has 3 aromatic rings. The minimum Gasteiger partial charge on any atom is -0.359 e. The summed E-state index contributed by atoms with van der Waals surface area (Å²) in [6.07, 6.45) is 1.69. The molecule has 3 aromatic heterocycles. The first-order valence-electron chi connectivity index (χ1n) is 5.72. The van der Waals surface area contributed by atoms with Crippen LogP contribution in [0.2, 0.25) is 0 Å². The van der Waals surface area contributed by atoms with Crippen molar-refractivity contribution in [3.63, 3.8) is 0 Å². The zero-order valence-corrected chi connectivity index (χ0v) is 11.0. The molecule has 0 aromatic carbocycles. The number of aromatic nitrogens is 2. The first-order chi connectivity index (χ1) is 9.69. The van der Waals surface area contributed by atoms with Crippen molar-refractivity contribution >= 4 is 27.3 Å². The number of hydrogen-bond donors (Lipinski definition) is 2. The van der Waals surface area contributed by atoms with E-state index in [0.29, 0.717) is 11.1 Å². The van der Waals surface area contributed by atoms with Crippen LogP contribution in [0.1, 0.15) is 16.2 Å². The summed E-state index contributed by atoms with van der Waals surface area (Å²) in [5.74, 6) is 4.87. The highest BCUT2D eigenvalue weighted by Crippen LogP contribution is 2.16. The molecule has 0 aliphatic rings. The Balaban J connectivity index is 1.93. The molecule has 0 saturated heterocycles. The fraction of sp³-hybridized carbons (Fsp3) is 0.0833. The molecule has 0 bridgehead atoms. The third-order valence-corrected chi connectivity index (χ3v) is 3.72. The summed E-state index contributed by atoms with van der Waals surface area (Å²) in [7, 11) is 0. The molecule has 3 heterocycles. The second-order valence-corrected chi connectivity index (χ2v) is 5.05. The number of carbonyl (C=O) groups excluding carboxylic acids is 1. The standard InChI is InChI=1S/C12H10N4O3S/c13-14-11(17)9-5-7(19-15-9)6-16-3-1-10-8(12(16)18)2-4-20-10/h1-5H,6,13H2,(H,14,17). The predicted molar refractivity (Wildman–Crippen MR) is 73.3 cm³/mol. The number of pyridine rings is 1. The number of carbonyl (C=O) groups is 1. The molecule has 0 spiro atoms. The first kappa shape index (κ1) is 12.6. The molecular weight excluding hydrogens is 280 g/mol. The van der Waals surface area contributed by atoms with Crippen LogP contribution in [-0.4, -0.2) is 15.6 Å². The van der Waals surface area contributed by atoms with E-state index in [4.69, 9.17) is 10.4 Å². The van der Waals surface area contributed by atoms with Crippen LogP contribution in [0, 0.1) is 0 Å². The summed E-state index contributed by atoms with van der Waals surface area (Å²) in [5.41, 5.74) is 1.93. The molecule has 0 fully saturated rings. The minimum atomic E-state index is -0.541. The van der Waals surface area contributed by atoms with E-state index in [1.54, 1.807) is 12.3 Å². The van der Waals surface area contributed by atoms with E-state index in [1.807, 2.05) is 16.9 Å². The minimum absolute atomic E-state index is 0.0761. The summed E-state index contributed by atoms with van der Waals surface area (Å²) >= 11 is 1.51. The van der Waals surface area contributed by atoms with E-state index in [9.17, 15) is 9.59 Å². The predicted octanol–water partition coefficient (Wildman–Crippen LogP) is 0.703. The molecule has 0 saturated carbocycles. The van der Waals surface area contributed by atoms with Gasteiger partial charge in [-0.05, 0) is 17.5 Å². The molecule has 3 rings (SSSR count). The smallest absolute Gasteiger partial charge is 0.287 e. The average molecular weight is 290 g/mol. The van der Waals surface area contributed by atoms with Gasteiger partial charge in [-0.25, -0.2) is 5.84 Å². The molecule has 3 N–H and O–H groups in total. The number of nitrogens with zero attached hydrogens (tertiary/aromatic N) is 2. The molecule has 0 aliphatic carbocycles. The fourth-order valence-corrected chi connectivity index (χ4v) is 2.64. The molecule has 8 heteroatoms. The Morgan fingerprint density at radius 1 is 1.50 bits per heavy atom. The Bertz CT molecular complexity index is 832. The van der Waals surface area contributed by atoms with Gasteiger partial charge >= 0.3 is 0 Å². The van der Waals surface area contributed by atoms with Crippen LogP contribution in [0.5, 0.6) is 0 Å². The molecule has 0 atom stereocenters. The highest BCUT2D eigenvalue weighted by molar-refractivity contribution is 7.17. The van der Waals surface area contributed by atoms with Gasteiger partial charge in [-0.1, -0.05) is 5.16 Å². The molecule has 20 heavy (non-hydrogen) atoms. The van der Waals surface area contributed by atoms with Crippen molar-refractivity contribution in [1.29, 1.82) is 0 Å². The summed E-state index contributed by atoms with van der Waals surface area (Å²) < 4.78 is 7.45. The van der Waals surface area contributed by atoms with Crippen molar-refractivity contribution in [2.75, 3.05) is 0 Å². The number of amides is 1. The highest BCUT2D eigenvalue weighted by atomic mass is 32.1. The lowest BCUT2D eigenvalue weighted by atomic mass is 10.3. The van der Waals surface area contributed by atoms with Crippen LogP contribution < -0.4 is 16.8 Å². The lowest BCUT2D eigenvalue weighted by molar-refractivity contribution is 0.0944. The number of hydrogen-bond acceptors (Lipinski definition) is 6. The van der Waals surface area contributed by atoms with Gasteiger partial charge in [0.2, 0.25) is 0 Å². The van der Waals surface area contributed by atoms with E-state index < -0.39 is 5.91 Å².